The van der Waals surface area contributed by atoms with E-state index in [1.165, 1.54) is 10.6 Å². The van der Waals surface area contributed by atoms with Crippen molar-refractivity contribution in [2.24, 2.45) is 0 Å². The van der Waals surface area contributed by atoms with Crippen LogP contribution < -0.4 is 4.90 Å². The molecular weight excluding hydrogens is 403 g/mol. The van der Waals surface area contributed by atoms with Crippen molar-refractivity contribution in [3.05, 3.63) is 36.5 Å². The van der Waals surface area contributed by atoms with E-state index in [2.05, 4.69) is 19.9 Å². The number of imidazole rings is 1. The highest BCUT2D eigenvalue weighted by Crippen LogP contribution is 2.30. The fraction of sp³-hybridized carbons (Fsp3) is 0.389. The molecule has 9 nitrogen and oxygen atoms in total. The molecule has 2 fully saturated rings. The van der Waals surface area contributed by atoms with Gasteiger partial charge >= 0.3 is 6.18 Å². The Hall–Kier alpha value is -3.28. The molecule has 156 valence electrons. The van der Waals surface area contributed by atoms with Crippen LogP contribution in [0.4, 0.5) is 19.0 Å². The van der Waals surface area contributed by atoms with Gasteiger partial charge < -0.3 is 14.5 Å². The molecule has 0 saturated carbocycles. The van der Waals surface area contributed by atoms with Crippen LogP contribution >= 0.6 is 0 Å². The van der Waals surface area contributed by atoms with Gasteiger partial charge in [-0.2, -0.15) is 13.2 Å². The number of fused-ring (bicyclic) bond motifs is 2. The standard InChI is InChI=1S/C18H16F3N7O2/c1-26-11-6-27(7-12(11)30-9-16(26)29)14-2-3-22-17(25-14)10-4-24-15-5-23-13(8-28(10)15)18(19,20)21/h2-5,8,11-12H,6-7,9H2,1H3/t11-,12?/m0/s1. The van der Waals surface area contributed by atoms with Crippen molar-refractivity contribution in [1.29, 1.82) is 0 Å². The van der Waals surface area contributed by atoms with Crippen molar-refractivity contribution in [3.63, 3.8) is 0 Å². The number of nitrogens with zero attached hydrogens (tertiary/aromatic N) is 7. The third-order valence-corrected chi connectivity index (χ3v) is 5.43. The number of alkyl halides is 3. The van der Waals surface area contributed by atoms with Gasteiger partial charge in [0.2, 0.25) is 5.91 Å². The molecule has 5 heterocycles. The van der Waals surface area contributed by atoms with Crippen LogP contribution in [-0.4, -0.2) is 74.0 Å². The van der Waals surface area contributed by atoms with E-state index in [1.54, 1.807) is 24.2 Å². The molecule has 2 aliphatic rings. The van der Waals surface area contributed by atoms with Crippen LogP contribution in [0.5, 0.6) is 0 Å². The lowest BCUT2D eigenvalue weighted by Gasteiger charge is -2.33. The first-order valence-corrected chi connectivity index (χ1v) is 9.17. The molecule has 30 heavy (non-hydrogen) atoms. The van der Waals surface area contributed by atoms with Crippen LogP contribution in [0.2, 0.25) is 0 Å². The Labute approximate surface area is 168 Å². The molecular formula is C18H16F3N7O2. The van der Waals surface area contributed by atoms with Crippen LogP contribution in [0.15, 0.2) is 30.9 Å². The Morgan fingerprint density at radius 3 is 2.80 bits per heavy atom. The second-order valence-corrected chi connectivity index (χ2v) is 7.21. The fourth-order valence-electron chi connectivity index (χ4n) is 3.79. The molecule has 0 aliphatic carbocycles. The number of hydrogen-bond donors (Lipinski definition) is 0. The minimum absolute atomic E-state index is 0.0535. The van der Waals surface area contributed by atoms with Gasteiger partial charge in [-0.3, -0.25) is 9.20 Å². The number of morpholine rings is 1. The molecule has 0 aromatic carbocycles. The highest BCUT2D eigenvalue weighted by molar-refractivity contribution is 5.78. The van der Waals surface area contributed by atoms with Gasteiger partial charge in [-0.1, -0.05) is 0 Å². The van der Waals surface area contributed by atoms with Gasteiger partial charge in [0, 0.05) is 32.5 Å². The molecule has 0 bridgehead atoms. The number of ether oxygens (including phenoxy) is 1. The molecule has 2 atom stereocenters. The Morgan fingerprint density at radius 2 is 2.00 bits per heavy atom. The lowest BCUT2D eigenvalue weighted by molar-refractivity contribution is -0.150. The number of likely N-dealkylation sites (N-methyl/N-ethyl adjacent to an activating group) is 1. The molecule has 0 radical (unpaired) electrons. The van der Waals surface area contributed by atoms with Crippen molar-refractivity contribution in [2.75, 3.05) is 31.6 Å². The zero-order chi connectivity index (χ0) is 21.0. The topological polar surface area (TPSA) is 88.8 Å². The van der Waals surface area contributed by atoms with Gasteiger partial charge in [-0.05, 0) is 6.07 Å². The highest BCUT2D eigenvalue weighted by atomic mass is 19.4. The largest absolute Gasteiger partial charge is 0.434 e. The van der Waals surface area contributed by atoms with E-state index in [9.17, 15) is 18.0 Å². The lowest BCUT2D eigenvalue weighted by atomic mass is 10.1. The van der Waals surface area contributed by atoms with E-state index in [0.717, 1.165) is 12.4 Å². The second kappa shape index (κ2) is 6.62. The van der Waals surface area contributed by atoms with Gasteiger partial charge in [0.05, 0.1) is 24.5 Å². The molecule has 2 saturated heterocycles. The zero-order valence-corrected chi connectivity index (χ0v) is 15.7. The molecule has 12 heteroatoms. The van der Waals surface area contributed by atoms with Crippen LogP contribution in [0, 0.1) is 0 Å². The van der Waals surface area contributed by atoms with E-state index < -0.39 is 11.9 Å². The van der Waals surface area contributed by atoms with Gasteiger partial charge in [-0.25, -0.2) is 19.9 Å². The van der Waals surface area contributed by atoms with Crippen molar-refractivity contribution in [2.45, 2.75) is 18.3 Å². The molecule has 1 amide bonds. The van der Waals surface area contributed by atoms with E-state index >= 15 is 0 Å². The number of hydrogen-bond acceptors (Lipinski definition) is 7. The molecule has 5 rings (SSSR count). The van der Waals surface area contributed by atoms with Crippen LogP contribution in [0.1, 0.15) is 5.69 Å². The Balaban J connectivity index is 1.48. The zero-order valence-electron chi connectivity index (χ0n) is 15.7. The molecule has 1 unspecified atom stereocenters. The summed E-state index contributed by atoms with van der Waals surface area (Å²) in [5.74, 6) is 0.764. The maximum Gasteiger partial charge on any atom is 0.434 e. The minimum atomic E-state index is -4.58. The molecule has 2 aliphatic heterocycles. The highest BCUT2D eigenvalue weighted by Gasteiger charge is 2.42. The predicted octanol–water partition coefficient (Wildman–Crippen LogP) is 1.25. The number of aromatic nitrogens is 5. The van der Waals surface area contributed by atoms with Crippen molar-refractivity contribution >= 4 is 17.4 Å². The monoisotopic (exact) mass is 419 g/mol. The summed E-state index contributed by atoms with van der Waals surface area (Å²) in [4.78, 5) is 31.8. The Bertz CT molecular complexity index is 1130. The van der Waals surface area contributed by atoms with Gasteiger partial charge in [0.15, 0.2) is 17.2 Å². The van der Waals surface area contributed by atoms with Crippen LogP contribution in [0.25, 0.3) is 17.2 Å². The minimum Gasteiger partial charge on any atom is -0.364 e. The first-order valence-electron chi connectivity index (χ1n) is 9.17. The quantitative estimate of drug-likeness (QED) is 0.618. The predicted molar refractivity (Wildman–Crippen MR) is 97.5 cm³/mol. The van der Waals surface area contributed by atoms with Gasteiger partial charge in [0.1, 0.15) is 18.1 Å². The second-order valence-electron chi connectivity index (χ2n) is 7.21. The number of carbonyl (C=O) groups excluding carboxylic acids is 1. The normalized spacial score (nSPS) is 22.1. The maximum atomic E-state index is 13.1. The number of anilines is 1. The summed E-state index contributed by atoms with van der Waals surface area (Å²) >= 11 is 0. The summed E-state index contributed by atoms with van der Waals surface area (Å²) in [6.07, 6.45) is 0.199. The van der Waals surface area contributed by atoms with E-state index in [4.69, 9.17) is 4.74 Å². The Morgan fingerprint density at radius 1 is 1.17 bits per heavy atom. The third-order valence-electron chi connectivity index (χ3n) is 5.43. The molecule has 3 aromatic rings. The summed E-state index contributed by atoms with van der Waals surface area (Å²) in [6, 6.07) is 1.63. The average molecular weight is 419 g/mol. The van der Waals surface area contributed by atoms with E-state index in [-0.39, 0.29) is 36.1 Å². The summed E-state index contributed by atoms with van der Waals surface area (Å²) in [7, 11) is 1.75. The SMILES string of the molecule is CN1C(=O)COC2CN(c3ccnc(-c4cnc5cnc(C(F)(F)F)cn45)n3)C[C@@H]21. The van der Waals surface area contributed by atoms with Crippen LogP contribution in [0.3, 0.4) is 0 Å². The van der Waals surface area contributed by atoms with Crippen molar-refractivity contribution < 1.29 is 22.7 Å². The van der Waals surface area contributed by atoms with Gasteiger partial charge in [0.25, 0.3) is 0 Å². The summed E-state index contributed by atoms with van der Waals surface area (Å²) < 4.78 is 46.1. The lowest BCUT2D eigenvalue weighted by Crippen LogP contribution is -2.51. The Kier molecular flexibility index (Phi) is 4.13. The summed E-state index contributed by atoms with van der Waals surface area (Å²) in [5, 5.41) is 0. The van der Waals surface area contributed by atoms with Crippen molar-refractivity contribution in [1.82, 2.24) is 29.2 Å². The van der Waals surface area contributed by atoms with E-state index in [1.807, 2.05) is 4.90 Å². The van der Waals surface area contributed by atoms with Crippen molar-refractivity contribution in [3.8, 4) is 11.5 Å². The number of amides is 1. The first-order chi connectivity index (χ1) is 14.3. The smallest absolute Gasteiger partial charge is 0.364 e. The third kappa shape index (κ3) is 3.03. The van der Waals surface area contributed by atoms with Gasteiger partial charge in [-0.15, -0.1) is 0 Å². The number of halogens is 3. The average Bonchev–Trinajstić information content (AvgIpc) is 3.34. The molecule has 0 N–H and O–H groups in total. The summed E-state index contributed by atoms with van der Waals surface area (Å²) in [6.45, 7) is 1.14. The number of rotatable bonds is 2. The summed E-state index contributed by atoms with van der Waals surface area (Å²) in [5.41, 5.74) is -0.452. The fourth-order valence-corrected chi connectivity index (χ4v) is 3.79. The van der Waals surface area contributed by atoms with E-state index in [0.29, 0.717) is 24.6 Å². The maximum absolute atomic E-state index is 13.1. The molecule has 0 spiro atoms. The first kappa shape index (κ1) is 18.7. The van der Waals surface area contributed by atoms with Crippen LogP contribution in [-0.2, 0) is 15.7 Å². The molecule has 3 aromatic heterocycles. The number of carbonyl (C=O) groups is 1.